The van der Waals surface area contributed by atoms with Gasteiger partial charge in [-0.1, -0.05) is 58.0 Å². The van der Waals surface area contributed by atoms with E-state index in [1.807, 2.05) is 49.1 Å². The smallest absolute Gasteiger partial charge is 0.407 e. The third-order valence-corrected chi connectivity index (χ3v) is 7.58. The van der Waals surface area contributed by atoms with Gasteiger partial charge < -0.3 is 25.2 Å². The average Bonchev–Trinajstić information content (AvgIpc) is 3.47. The average molecular weight is 558 g/mol. The van der Waals surface area contributed by atoms with Gasteiger partial charge in [-0.25, -0.2) is 4.79 Å². The van der Waals surface area contributed by atoms with Crippen LogP contribution in [0.25, 0.3) is 0 Å². The van der Waals surface area contributed by atoms with Gasteiger partial charge in [0, 0.05) is 25.7 Å². The zero-order chi connectivity index (χ0) is 29.2. The number of rotatable bonds is 13. The molecule has 10 heteroatoms. The summed E-state index contributed by atoms with van der Waals surface area (Å²) in [6.45, 7) is 12.0. The summed E-state index contributed by atoms with van der Waals surface area (Å²) in [5, 5.41) is 5.68. The standard InChI is InChI=1S/C30H47N5O5/c1-6-40-30(39)32-27(22(4)5)29(38)35-16-10-13-24(35)18-33-20-34(28(37)25(33)17-21(2)3)19-26(36)31-15-14-23-11-8-7-9-12-23/h7-9,11-12,21-22,24-25,27H,6,10,13-20H2,1-5H3,(H,31,36)(H,32,39)/t24-,25+,27+/m0/s1. The summed E-state index contributed by atoms with van der Waals surface area (Å²) in [6, 6.07) is 8.89. The molecule has 2 aliphatic rings. The lowest BCUT2D eigenvalue weighted by Crippen LogP contribution is -2.54. The van der Waals surface area contributed by atoms with E-state index >= 15 is 0 Å². The van der Waals surface area contributed by atoms with Crippen LogP contribution in [-0.4, -0.2) is 96.1 Å². The molecule has 0 aromatic heterocycles. The number of carbonyl (C=O) groups excluding carboxylic acids is 4. The number of benzene rings is 1. The van der Waals surface area contributed by atoms with E-state index in [0.29, 0.717) is 38.6 Å². The summed E-state index contributed by atoms with van der Waals surface area (Å²) < 4.78 is 5.02. The summed E-state index contributed by atoms with van der Waals surface area (Å²) in [6.07, 6.45) is 2.52. The van der Waals surface area contributed by atoms with Gasteiger partial charge in [-0.15, -0.1) is 0 Å². The van der Waals surface area contributed by atoms with E-state index in [0.717, 1.165) is 24.8 Å². The Morgan fingerprint density at radius 3 is 2.48 bits per heavy atom. The molecule has 0 saturated carbocycles. The normalized spacial score (nSPS) is 20.3. The van der Waals surface area contributed by atoms with Gasteiger partial charge >= 0.3 is 6.09 Å². The highest BCUT2D eigenvalue weighted by Crippen LogP contribution is 2.26. The molecular weight excluding hydrogens is 510 g/mol. The van der Waals surface area contributed by atoms with Crippen molar-refractivity contribution in [2.75, 3.05) is 39.5 Å². The minimum Gasteiger partial charge on any atom is -0.450 e. The number of hydrogen-bond donors (Lipinski definition) is 2. The van der Waals surface area contributed by atoms with E-state index in [2.05, 4.69) is 29.4 Å². The molecular formula is C30H47N5O5. The van der Waals surface area contributed by atoms with E-state index in [1.165, 1.54) is 0 Å². The molecule has 0 aliphatic carbocycles. The molecule has 0 spiro atoms. The van der Waals surface area contributed by atoms with Crippen molar-refractivity contribution in [1.82, 2.24) is 25.3 Å². The van der Waals surface area contributed by atoms with Crippen molar-refractivity contribution in [1.29, 1.82) is 0 Å². The zero-order valence-corrected chi connectivity index (χ0v) is 24.7. The summed E-state index contributed by atoms with van der Waals surface area (Å²) in [4.78, 5) is 57.4. The zero-order valence-electron chi connectivity index (χ0n) is 24.7. The molecule has 2 fully saturated rings. The first-order valence-electron chi connectivity index (χ1n) is 14.7. The highest BCUT2D eigenvalue weighted by molar-refractivity contribution is 5.89. The first-order valence-corrected chi connectivity index (χ1v) is 14.7. The predicted molar refractivity (Wildman–Crippen MR) is 153 cm³/mol. The van der Waals surface area contributed by atoms with Crippen LogP contribution in [0.2, 0.25) is 0 Å². The van der Waals surface area contributed by atoms with Crippen LogP contribution >= 0.6 is 0 Å². The first-order chi connectivity index (χ1) is 19.1. The summed E-state index contributed by atoms with van der Waals surface area (Å²) in [5.74, 6) is -0.123. The van der Waals surface area contributed by atoms with Gasteiger partial charge in [0.1, 0.15) is 12.6 Å². The molecule has 1 aromatic rings. The van der Waals surface area contributed by atoms with Crippen LogP contribution in [-0.2, 0) is 25.5 Å². The number of amides is 4. The number of carbonyl (C=O) groups is 4. The topological polar surface area (TPSA) is 111 Å². The van der Waals surface area contributed by atoms with Gasteiger partial charge in [0.05, 0.1) is 19.3 Å². The second kappa shape index (κ2) is 15.0. The van der Waals surface area contributed by atoms with Gasteiger partial charge in [-0.3, -0.25) is 19.3 Å². The highest BCUT2D eigenvalue weighted by Gasteiger charge is 2.43. The maximum absolute atomic E-state index is 13.6. The van der Waals surface area contributed by atoms with Crippen LogP contribution in [0, 0.1) is 11.8 Å². The van der Waals surface area contributed by atoms with Crippen molar-refractivity contribution >= 4 is 23.8 Å². The second-order valence-electron chi connectivity index (χ2n) is 11.6. The van der Waals surface area contributed by atoms with E-state index < -0.39 is 12.1 Å². The van der Waals surface area contributed by atoms with Crippen LogP contribution in [0.5, 0.6) is 0 Å². The number of nitrogens with one attached hydrogen (secondary N) is 2. The monoisotopic (exact) mass is 557 g/mol. The number of likely N-dealkylation sites (tertiary alicyclic amines) is 1. The quantitative estimate of drug-likeness (QED) is 0.386. The fraction of sp³-hybridized carbons (Fsp3) is 0.667. The van der Waals surface area contributed by atoms with Crippen LogP contribution in [0.4, 0.5) is 4.79 Å². The number of ether oxygens (including phenoxy) is 1. The highest BCUT2D eigenvalue weighted by atomic mass is 16.5. The summed E-state index contributed by atoms with van der Waals surface area (Å²) >= 11 is 0. The number of nitrogens with zero attached hydrogens (tertiary/aromatic N) is 3. The maximum atomic E-state index is 13.6. The number of alkyl carbamates (subject to hydrolysis) is 1. The molecule has 2 aliphatic heterocycles. The van der Waals surface area contributed by atoms with Gasteiger partial charge in [0.25, 0.3) is 0 Å². The van der Waals surface area contributed by atoms with E-state index in [1.54, 1.807) is 11.8 Å². The fourth-order valence-electron chi connectivity index (χ4n) is 5.56. The molecule has 10 nitrogen and oxygen atoms in total. The maximum Gasteiger partial charge on any atom is 0.407 e. The Morgan fingerprint density at radius 1 is 1.10 bits per heavy atom. The lowest BCUT2D eigenvalue weighted by Gasteiger charge is -2.34. The second-order valence-corrected chi connectivity index (χ2v) is 11.6. The van der Waals surface area contributed by atoms with E-state index in [9.17, 15) is 19.2 Å². The molecule has 3 rings (SSSR count). The molecule has 0 unspecified atom stereocenters. The van der Waals surface area contributed by atoms with Gasteiger partial charge in [0.2, 0.25) is 17.7 Å². The minimum absolute atomic E-state index is 0.0188. The fourth-order valence-corrected chi connectivity index (χ4v) is 5.56. The minimum atomic E-state index is -0.678. The molecule has 222 valence electrons. The largest absolute Gasteiger partial charge is 0.450 e. The molecule has 3 atom stereocenters. The first kappa shape index (κ1) is 31.4. The Kier molecular flexibility index (Phi) is 11.8. The summed E-state index contributed by atoms with van der Waals surface area (Å²) in [7, 11) is 0. The molecule has 40 heavy (non-hydrogen) atoms. The Labute approximate surface area is 238 Å². The van der Waals surface area contributed by atoms with Gasteiger partial charge in [0.15, 0.2) is 0 Å². The van der Waals surface area contributed by atoms with Crippen LogP contribution < -0.4 is 10.6 Å². The number of hydrogen-bond acceptors (Lipinski definition) is 6. The van der Waals surface area contributed by atoms with Crippen molar-refractivity contribution in [3.8, 4) is 0 Å². The third-order valence-electron chi connectivity index (χ3n) is 7.58. The van der Waals surface area contributed by atoms with E-state index in [-0.39, 0.29) is 48.9 Å². The SMILES string of the molecule is CCOC(=O)N[C@@H](C(=O)N1CCC[C@H]1CN1CN(CC(=O)NCCc2ccccc2)C(=O)[C@H]1CC(C)C)C(C)C. The molecule has 2 heterocycles. The van der Waals surface area contributed by atoms with E-state index in [4.69, 9.17) is 4.74 Å². The van der Waals surface area contributed by atoms with Crippen molar-refractivity contribution in [2.45, 2.75) is 78.4 Å². The summed E-state index contributed by atoms with van der Waals surface area (Å²) in [5.41, 5.74) is 1.15. The Morgan fingerprint density at radius 2 is 1.82 bits per heavy atom. The van der Waals surface area contributed by atoms with Gasteiger partial charge in [-0.2, -0.15) is 0 Å². The lowest BCUT2D eigenvalue weighted by molar-refractivity contribution is -0.135. The van der Waals surface area contributed by atoms with Crippen LogP contribution in [0.15, 0.2) is 30.3 Å². The Balaban J connectivity index is 1.62. The molecule has 0 bridgehead atoms. The van der Waals surface area contributed by atoms with Crippen molar-refractivity contribution < 1.29 is 23.9 Å². The molecule has 2 saturated heterocycles. The Hall–Kier alpha value is -3.14. The van der Waals surface area contributed by atoms with Crippen molar-refractivity contribution in [2.24, 2.45) is 11.8 Å². The molecule has 4 amide bonds. The predicted octanol–water partition coefficient (Wildman–Crippen LogP) is 2.62. The van der Waals surface area contributed by atoms with Crippen molar-refractivity contribution in [3.05, 3.63) is 35.9 Å². The van der Waals surface area contributed by atoms with Crippen LogP contribution in [0.3, 0.4) is 0 Å². The Bertz CT molecular complexity index is 1000. The molecule has 1 aromatic carbocycles. The molecule has 0 radical (unpaired) electrons. The van der Waals surface area contributed by atoms with Gasteiger partial charge in [-0.05, 0) is 50.0 Å². The third kappa shape index (κ3) is 8.68. The molecule has 2 N–H and O–H groups in total. The van der Waals surface area contributed by atoms with Crippen molar-refractivity contribution in [3.63, 3.8) is 0 Å². The van der Waals surface area contributed by atoms with Crippen LogP contribution in [0.1, 0.15) is 59.4 Å². The lowest BCUT2D eigenvalue weighted by atomic mass is 10.0.